The molecule has 2 heterocycles. The molecule has 23 heavy (non-hydrogen) atoms. The summed E-state index contributed by atoms with van der Waals surface area (Å²) in [4.78, 5) is 9.64. The maximum atomic E-state index is 12.7. The quantitative estimate of drug-likeness (QED) is 0.658. The summed E-state index contributed by atoms with van der Waals surface area (Å²) in [5.74, 6) is 0.736. The van der Waals surface area contributed by atoms with Crippen molar-refractivity contribution in [1.82, 2.24) is 9.97 Å². The molecule has 0 spiro atoms. The van der Waals surface area contributed by atoms with Gasteiger partial charge in [0.25, 0.3) is 0 Å². The first-order valence-electron chi connectivity index (χ1n) is 7.40. The van der Waals surface area contributed by atoms with E-state index in [9.17, 15) is 4.57 Å². The van der Waals surface area contributed by atoms with Crippen molar-refractivity contribution in [3.8, 4) is 0 Å². The van der Waals surface area contributed by atoms with Crippen molar-refractivity contribution in [3.05, 3.63) is 36.2 Å². The van der Waals surface area contributed by atoms with Gasteiger partial charge >= 0.3 is 7.60 Å². The number of fused-ring (bicyclic) bond motifs is 2. The van der Waals surface area contributed by atoms with E-state index in [1.165, 1.54) is 0 Å². The fourth-order valence-corrected chi connectivity index (χ4v) is 4.89. The maximum absolute atomic E-state index is 12.7. The van der Waals surface area contributed by atoms with Crippen LogP contribution in [0.4, 0.5) is 11.5 Å². The molecule has 1 N–H and O–H groups in total. The van der Waals surface area contributed by atoms with Crippen LogP contribution < -0.4 is 5.32 Å². The lowest BCUT2D eigenvalue weighted by Gasteiger charge is -2.21. The van der Waals surface area contributed by atoms with Crippen LogP contribution in [0.2, 0.25) is 0 Å². The molecule has 0 saturated carbocycles. The predicted molar refractivity (Wildman–Crippen MR) is 90.4 cm³/mol. The number of rotatable bonds is 6. The lowest BCUT2D eigenvalue weighted by atomic mass is 10.2. The van der Waals surface area contributed by atoms with Gasteiger partial charge in [0.2, 0.25) is 0 Å². The Hall–Kier alpha value is -1.40. The van der Waals surface area contributed by atoms with E-state index in [0.717, 1.165) is 27.0 Å². The fraction of sp³-hybridized carbons (Fsp3) is 0.333. The first-order valence-corrected chi connectivity index (χ1v) is 9.95. The van der Waals surface area contributed by atoms with Gasteiger partial charge in [-0.25, -0.2) is 9.97 Å². The largest absolute Gasteiger partial charge is 0.337 e. The van der Waals surface area contributed by atoms with Gasteiger partial charge in [-0.2, -0.15) is 0 Å². The van der Waals surface area contributed by atoms with Crippen molar-refractivity contribution < 1.29 is 13.6 Å². The summed E-state index contributed by atoms with van der Waals surface area (Å²) in [5, 5.41) is 4.11. The van der Waals surface area contributed by atoms with E-state index in [1.807, 2.05) is 32.0 Å². The molecule has 8 heteroatoms. The average Bonchev–Trinajstić information content (AvgIpc) is 2.53. The van der Waals surface area contributed by atoms with Crippen molar-refractivity contribution in [2.45, 2.75) is 29.9 Å². The number of aromatic nitrogens is 2. The number of hydrogen-bond acceptors (Lipinski definition) is 7. The maximum Gasteiger partial charge on any atom is 0.335 e. The summed E-state index contributed by atoms with van der Waals surface area (Å²) < 4.78 is 23.4. The van der Waals surface area contributed by atoms with Crippen LogP contribution in [0.15, 0.2) is 40.5 Å². The highest BCUT2D eigenvalue weighted by atomic mass is 32.2. The smallest absolute Gasteiger partial charge is 0.335 e. The SMILES string of the molecule is CCOP(=O)(Cc1ccc2c(c1)Nc1nccnc1S2)OCC. The van der Waals surface area contributed by atoms with Gasteiger partial charge in [0.15, 0.2) is 5.82 Å². The first-order chi connectivity index (χ1) is 11.1. The Kier molecular flexibility index (Phi) is 5.02. The molecular formula is C15H18N3O3PS. The van der Waals surface area contributed by atoms with E-state index in [1.54, 1.807) is 24.2 Å². The highest BCUT2D eigenvalue weighted by Crippen LogP contribution is 2.52. The van der Waals surface area contributed by atoms with Crippen molar-refractivity contribution >= 4 is 30.9 Å². The van der Waals surface area contributed by atoms with Crippen molar-refractivity contribution in [2.24, 2.45) is 0 Å². The van der Waals surface area contributed by atoms with Gasteiger partial charge in [0.05, 0.1) is 25.1 Å². The molecule has 2 aromatic rings. The Labute approximate surface area is 139 Å². The van der Waals surface area contributed by atoms with Gasteiger partial charge < -0.3 is 14.4 Å². The van der Waals surface area contributed by atoms with E-state index in [2.05, 4.69) is 15.3 Å². The predicted octanol–water partition coefficient (Wildman–Crippen LogP) is 4.45. The minimum Gasteiger partial charge on any atom is -0.337 e. The molecular weight excluding hydrogens is 333 g/mol. The third kappa shape index (κ3) is 3.75. The average molecular weight is 351 g/mol. The van der Waals surface area contributed by atoms with Crippen molar-refractivity contribution in [3.63, 3.8) is 0 Å². The van der Waals surface area contributed by atoms with Crippen LogP contribution in [-0.4, -0.2) is 23.2 Å². The number of benzene rings is 1. The molecule has 0 bridgehead atoms. The van der Waals surface area contributed by atoms with Gasteiger partial charge in [0, 0.05) is 17.3 Å². The van der Waals surface area contributed by atoms with Gasteiger partial charge in [-0.15, -0.1) is 0 Å². The summed E-state index contributed by atoms with van der Waals surface area (Å²) in [6, 6.07) is 5.90. The molecule has 0 fully saturated rings. The molecule has 1 aliphatic heterocycles. The molecule has 6 nitrogen and oxygen atoms in total. The topological polar surface area (TPSA) is 73.3 Å². The number of anilines is 2. The fourth-order valence-electron chi connectivity index (χ4n) is 2.33. The van der Waals surface area contributed by atoms with Crippen LogP contribution in [0.1, 0.15) is 19.4 Å². The lowest BCUT2D eigenvalue weighted by molar-refractivity contribution is 0.219. The van der Waals surface area contributed by atoms with Crippen molar-refractivity contribution in [2.75, 3.05) is 18.5 Å². The zero-order valence-electron chi connectivity index (χ0n) is 13.0. The number of nitrogens with zero attached hydrogens (tertiary/aromatic N) is 2. The third-order valence-electron chi connectivity index (χ3n) is 3.20. The molecule has 0 amide bonds. The van der Waals surface area contributed by atoms with Gasteiger partial charge in [-0.1, -0.05) is 17.8 Å². The van der Waals surface area contributed by atoms with Crippen molar-refractivity contribution in [1.29, 1.82) is 0 Å². The summed E-state index contributed by atoms with van der Waals surface area (Å²) in [5.41, 5.74) is 1.83. The second-order valence-corrected chi connectivity index (χ2v) is 7.96. The van der Waals surface area contributed by atoms with Gasteiger partial charge in [-0.3, -0.25) is 4.57 Å². The Morgan fingerprint density at radius 3 is 2.65 bits per heavy atom. The highest BCUT2D eigenvalue weighted by molar-refractivity contribution is 7.99. The number of nitrogens with one attached hydrogen (secondary N) is 1. The summed E-state index contributed by atoms with van der Waals surface area (Å²) in [7, 11) is -3.11. The second-order valence-electron chi connectivity index (χ2n) is 4.87. The molecule has 0 atom stereocenters. The normalized spacial score (nSPS) is 13.1. The highest BCUT2D eigenvalue weighted by Gasteiger charge is 2.25. The van der Waals surface area contributed by atoms with E-state index in [0.29, 0.717) is 13.2 Å². The van der Waals surface area contributed by atoms with Crippen LogP contribution in [0.3, 0.4) is 0 Å². The molecule has 122 valence electrons. The molecule has 1 aromatic carbocycles. The molecule has 1 aliphatic rings. The summed E-state index contributed by atoms with van der Waals surface area (Å²) in [6.07, 6.45) is 3.58. The summed E-state index contributed by atoms with van der Waals surface area (Å²) >= 11 is 1.56. The monoisotopic (exact) mass is 351 g/mol. The van der Waals surface area contributed by atoms with Crippen LogP contribution in [0.25, 0.3) is 0 Å². The zero-order valence-corrected chi connectivity index (χ0v) is 14.7. The van der Waals surface area contributed by atoms with Crippen LogP contribution >= 0.6 is 19.4 Å². The lowest BCUT2D eigenvalue weighted by Crippen LogP contribution is -2.04. The summed E-state index contributed by atoms with van der Waals surface area (Å²) in [6.45, 7) is 4.34. The first kappa shape index (κ1) is 16.5. The van der Waals surface area contributed by atoms with Gasteiger partial charge in [0.1, 0.15) is 5.03 Å². The Morgan fingerprint density at radius 1 is 1.17 bits per heavy atom. The van der Waals surface area contributed by atoms with E-state index >= 15 is 0 Å². The zero-order chi connectivity index (χ0) is 16.3. The second kappa shape index (κ2) is 7.01. The van der Waals surface area contributed by atoms with E-state index in [4.69, 9.17) is 9.05 Å². The Balaban J connectivity index is 1.83. The molecule has 0 aliphatic carbocycles. The Bertz CT molecular complexity index is 746. The molecule has 1 aromatic heterocycles. The standard InChI is InChI=1S/C15H18N3O3PS/c1-3-20-22(19,21-4-2)10-11-5-6-13-12(9-11)18-14-15(23-13)17-8-7-16-14/h5-9H,3-4,10H2,1-2H3,(H,16,18). The minimum absolute atomic E-state index is 0.252. The van der Waals surface area contributed by atoms with E-state index < -0.39 is 7.60 Å². The molecule has 0 unspecified atom stereocenters. The Morgan fingerprint density at radius 2 is 1.91 bits per heavy atom. The van der Waals surface area contributed by atoms with Crippen LogP contribution in [0, 0.1) is 0 Å². The van der Waals surface area contributed by atoms with Crippen LogP contribution in [0.5, 0.6) is 0 Å². The van der Waals surface area contributed by atoms with E-state index in [-0.39, 0.29) is 6.16 Å². The van der Waals surface area contributed by atoms with Crippen LogP contribution in [-0.2, 0) is 19.8 Å². The molecule has 0 radical (unpaired) electrons. The van der Waals surface area contributed by atoms with Gasteiger partial charge in [-0.05, 0) is 31.5 Å². The third-order valence-corrected chi connectivity index (χ3v) is 6.32. The molecule has 0 saturated heterocycles. The molecule has 3 rings (SSSR count). The number of hydrogen-bond donors (Lipinski definition) is 1. The minimum atomic E-state index is -3.11.